The van der Waals surface area contributed by atoms with Gasteiger partial charge in [-0.3, -0.25) is 0 Å². The Hall–Kier alpha value is -2.49. The molecule has 2 N–H and O–H groups in total. The molecule has 3 rings (SSSR count). The molecule has 0 radical (unpaired) electrons. The van der Waals surface area contributed by atoms with Crippen molar-refractivity contribution in [2.75, 3.05) is 7.11 Å². The van der Waals surface area contributed by atoms with E-state index in [1.54, 1.807) is 7.11 Å². The maximum absolute atomic E-state index is 11.3. The van der Waals surface area contributed by atoms with Gasteiger partial charge in [0.25, 0.3) is 0 Å². The fourth-order valence-corrected chi connectivity index (χ4v) is 4.10. The van der Waals surface area contributed by atoms with Gasteiger partial charge in [-0.2, -0.15) is 0 Å². The van der Waals surface area contributed by atoms with Crippen molar-refractivity contribution in [2.45, 2.75) is 52.5 Å². The van der Waals surface area contributed by atoms with Gasteiger partial charge in [0.05, 0.1) is 13.2 Å². The van der Waals surface area contributed by atoms with Crippen molar-refractivity contribution >= 4 is 6.09 Å². The van der Waals surface area contributed by atoms with Gasteiger partial charge in [0.1, 0.15) is 5.75 Å². The zero-order valence-corrected chi connectivity index (χ0v) is 16.6. The predicted molar refractivity (Wildman–Crippen MR) is 108 cm³/mol. The molecule has 1 amide bonds. The third kappa shape index (κ3) is 3.95. The molecule has 0 heterocycles. The molecule has 0 aromatic heterocycles. The lowest BCUT2D eigenvalue weighted by atomic mass is 9.85. The molecule has 0 aliphatic heterocycles. The minimum atomic E-state index is -0.994. The first kappa shape index (κ1) is 19.3. The summed E-state index contributed by atoms with van der Waals surface area (Å²) in [5.74, 6) is 0.782. The zero-order valence-electron chi connectivity index (χ0n) is 16.6. The number of amides is 1. The summed E-state index contributed by atoms with van der Waals surface area (Å²) in [4.78, 5) is 11.3. The van der Waals surface area contributed by atoms with E-state index < -0.39 is 6.09 Å². The molecule has 1 unspecified atom stereocenters. The van der Waals surface area contributed by atoms with Crippen LogP contribution in [0.5, 0.6) is 5.75 Å². The van der Waals surface area contributed by atoms with E-state index in [4.69, 9.17) is 4.74 Å². The number of rotatable bonds is 6. The van der Waals surface area contributed by atoms with Crippen molar-refractivity contribution in [1.82, 2.24) is 5.32 Å². The molecular weight excluding hydrogens is 338 g/mol. The number of carboxylic acid groups (broad SMARTS) is 1. The fraction of sp³-hybridized carbons (Fsp3) is 0.435. The monoisotopic (exact) mass is 367 g/mol. The lowest BCUT2D eigenvalue weighted by Crippen LogP contribution is -2.34. The second-order valence-electron chi connectivity index (χ2n) is 8.10. The van der Waals surface area contributed by atoms with E-state index in [9.17, 15) is 9.90 Å². The van der Waals surface area contributed by atoms with Crippen molar-refractivity contribution in [3.63, 3.8) is 0 Å². The largest absolute Gasteiger partial charge is 0.496 e. The first-order valence-corrected chi connectivity index (χ1v) is 9.65. The van der Waals surface area contributed by atoms with Gasteiger partial charge in [0.15, 0.2) is 0 Å². The van der Waals surface area contributed by atoms with E-state index in [-0.39, 0.29) is 11.5 Å². The van der Waals surface area contributed by atoms with Crippen LogP contribution in [-0.4, -0.2) is 18.3 Å². The summed E-state index contributed by atoms with van der Waals surface area (Å²) in [6, 6.07) is 12.6. The number of methoxy groups -OCH3 is 1. The number of fused-ring (bicyclic) bond motifs is 1. The third-order valence-electron chi connectivity index (χ3n) is 5.55. The highest BCUT2D eigenvalue weighted by Crippen LogP contribution is 2.48. The Labute approximate surface area is 161 Å². The molecule has 0 spiro atoms. The van der Waals surface area contributed by atoms with E-state index in [2.05, 4.69) is 56.4 Å². The topological polar surface area (TPSA) is 58.6 Å². The standard InChI is InChI=1S/C23H29NO3/c1-5-6-7-15-8-10-16(11-9-15)18-12-17-14-23(2,3)21(24-22(25)26)19(17)13-20(18)27-4/h8-13,21,24H,5-7,14H2,1-4H3,(H,25,26). The van der Waals surface area contributed by atoms with Gasteiger partial charge in [0, 0.05) is 5.56 Å². The molecule has 27 heavy (non-hydrogen) atoms. The lowest BCUT2D eigenvalue weighted by Gasteiger charge is -2.27. The Morgan fingerprint density at radius 3 is 2.56 bits per heavy atom. The summed E-state index contributed by atoms with van der Waals surface area (Å²) in [5.41, 5.74) is 5.57. The van der Waals surface area contributed by atoms with Crippen LogP contribution in [0.4, 0.5) is 4.79 Å². The molecule has 2 aromatic carbocycles. The second kappa shape index (κ2) is 7.63. The van der Waals surface area contributed by atoms with Crippen LogP contribution in [0.25, 0.3) is 11.1 Å². The first-order valence-electron chi connectivity index (χ1n) is 9.65. The Balaban J connectivity index is 1.98. The van der Waals surface area contributed by atoms with Crippen molar-refractivity contribution in [2.24, 2.45) is 5.41 Å². The third-order valence-corrected chi connectivity index (χ3v) is 5.55. The van der Waals surface area contributed by atoms with Crippen LogP contribution in [0.3, 0.4) is 0 Å². The zero-order chi connectivity index (χ0) is 19.6. The van der Waals surface area contributed by atoms with Crippen molar-refractivity contribution < 1.29 is 14.6 Å². The number of aryl methyl sites for hydroxylation is 1. The highest BCUT2D eigenvalue weighted by molar-refractivity contribution is 5.74. The highest BCUT2D eigenvalue weighted by Gasteiger charge is 2.40. The smallest absolute Gasteiger partial charge is 0.405 e. The number of hydrogen-bond acceptors (Lipinski definition) is 2. The summed E-state index contributed by atoms with van der Waals surface area (Å²) < 4.78 is 5.67. The number of unbranched alkanes of at least 4 members (excludes halogenated alkanes) is 1. The van der Waals surface area contributed by atoms with Gasteiger partial charge >= 0.3 is 6.09 Å². The van der Waals surface area contributed by atoms with E-state index in [1.807, 2.05) is 6.07 Å². The minimum absolute atomic E-state index is 0.172. The maximum Gasteiger partial charge on any atom is 0.405 e. The van der Waals surface area contributed by atoms with Gasteiger partial charge in [0.2, 0.25) is 0 Å². The van der Waals surface area contributed by atoms with Crippen molar-refractivity contribution in [3.8, 4) is 16.9 Å². The van der Waals surface area contributed by atoms with Gasteiger partial charge in [-0.15, -0.1) is 0 Å². The highest BCUT2D eigenvalue weighted by atomic mass is 16.5. The number of ether oxygens (including phenoxy) is 1. The van der Waals surface area contributed by atoms with Gasteiger partial charge < -0.3 is 15.2 Å². The van der Waals surface area contributed by atoms with Crippen LogP contribution in [0.15, 0.2) is 36.4 Å². The quantitative estimate of drug-likeness (QED) is 0.699. The predicted octanol–water partition coefficient (Wildman–Crippen LogP) is 5.60. The molecule has 0 saturated carbocycles. The Bertz CT molecular complexity index is 824. The Morgan fingerprint density at radius 1 is 1.26 bits per heavy atom. The van der Waals surface area contributed by atoms with Gasteiger partial charge in [-0.1, -0.05) is 51.5 Å². The van der Waals surface area contributed by atoms with Crippen LogP contribution in [0, 0.1) is 5.41 Å². The molecule has 0 bridgehead atoms. The Kier molecular flexibility index (Phi) is 5.45. The molecule has 1 aliphatic rings. The molecule has 1 aliphatic carbocycles. The van der Waals surface area contributed by atoms with E-state index in [0.717, 1.165) is 35.3 Å². The second-order valence-corrected chi connectivity index (χ2v) is 8.10. The number of benzene rings is 2. The van der Waals surface area contributed by atoms with Crippen LogP contribution >= 0.6 is 0 Å². The van der Waals surface area contributed by atoms with Crippen molar-refractivity contribution in [3.05, 3.63) is 53.1 Å². The summed E-state index contributed by atoms with van der Waals surface area (Å²) >= 11 is 0. The molecule has 4 nitrogen and oxygen atoms in total. The average molecular weight is 367 g/mol. The molecule has 144 valence electrons. The number of nitrogens with one attached hydrogen (secondary N) is 1. The van der Waals surface area contributed by atoms with Crippen LogP contribution < -0.4 is 10.1 Å². The van der Waals surface area contributed by atoms with E-state index in [0.29, 0.717) is 0 Å². The summed E-state index contributed by atoms with van der Waals surface area (Å²) in [6.07, 6.45) is 3.34. The maximum atomic E-state index is 11.3. The molecule has 0 fully saturated rings. The Morgan fingerprint density at radius 2 is 1.96 bits per heavy atom. The van der Waals surface area contributed by atoms with Crippen LogP contribution in [-0.2, 0) is 12.8 Å². The van der Waals surface area contributed by atoms with Crippen LogP contribution in [0.2, 0.25) is 0 Å². The molecule has 2 aromatic rings. The van der Waals surface area contributed by atoms with Crippen molar-refractivity contribution in [1.29, 1.82) is 0 Å². The van der Waals surface area contributed by atoms with E-state index in [1.165, 1.54) is 24.0 Å². The van der Waals surface area contributed by atoms with E-state index >= 15 is 0 Å². The summed E-state index contributed by atoms with van der Waals surface area (Å²) in [5, 5.41) is 11.9. The molecule has 1 atom stereocenters. The minimum Gasteiger partial charge on any atom is -0.496 e. The fourth-order valence-electron chi connectivity index (χ4n) is 4.10. The lowest BCUT2D eigenvalue weighted by molar-refractivity contribution is 0.175. The molecular formula is C23H29NO3. The van der Waals surface area contributed by atoms with Gasteiger partial charge in [-0.05, 0) is 59.1 Å². The first-order chi connectivity index (χ1) is 12.9. The molecule has 0 saturated heterocycles. The normalized spacial score (nSPS) is 17.4. The van der Waals surface area contributed by atoms with Crippen LogP contribution in [0.1, 0.15) is 56.3 Å². The average Bonchev–Trinajstić information content (AvgIpc) is 2.88. The summed E-state index contributed by atoms with van der Waals surface area (Å²) in [7, 11) is 1.67. The molecule has 4 heteroatoms. The summed E-state index contributed by atoms with van der Waals surface area (Å²) in [6.45, 7) is 6.41. The SMILES string of the molecule is CCCCc1ccc(-c2cc3c(cc2OC)C(NC(=O)O)C(C)(C)C3)cc1. The number of hydrogen-bond donors (Lipinski definition) is 2. The van der Waals surface area contributed by atoms with Gasteiger partial charge in [-0.25, -0.2) is 4.79 Å². The number of carbonyl (C=O) groups is 1.